The van der Waals surface area contributed by atoms with Crippen LogP contribution in [-0.2, 0) is 15.0 Å². The molecule has 0 aliphatic carbocycles. The van der Waals surface area contributed by atoms with E-state index >= 15 is 0 Å². The van der Waals surface area contributed by atoms with Gasteiger partial charge < -0.3 is 25.3 Å². The molecule has 1 atom stereocenters. The summed E-state index contributed by atoms with van der Waals surface area (Å²) in [5.74, 6) is -1.26. The summed E-state index contributed by atoms with van der Waals surface area (Å²) in [6.07, 6.45) is -1.72. The summed E-state index contributed by atoms with van der Waals surface area (Å²) in [4.78, 5) is 20.3. The first kappa shape index (κ1) is 22.5. The van der Waals surface area contributed by atoms with Crippen molar-refractivity contribution in [1.29, 1.82) is 0 Å². The van der Waals surface area contributed by atoms with Crippen LogP contribution in [-0.4, -0.2) is 56.7 Å². The molecule has 11 heteroatoms. The smallest absolute Gasteiger partial charge is 0.274 e. The second-order valence-electron chi connectivity index (χ2n) is 6.69. The van der Waals surface area contributed by atoms with Gasteiger partial charge in [-0.1, -0.05) is 0 Å². The Kier molecular flexibility index (Phi) is 7.08. The Balaban J connectivity index is 1.80. The number of benzene rings is 1. The van der Waals surface area contributed by atoms with E-state index in [9.17, 15) is 18.0 Å². The molecule has 0 fully saturated rings. The quantitative estimate of drug-likeness (QED) is 0.613. The number of pyridine rings is 1. The monoisotopic (exact) mass is 438 g/mol. The molecule has 2 aromatic rings. The Morgan fingerprint density at radius 1 is 1.32 bits per heavy atom. The average Bonchev–Trinajstić information content (AvgIpc) is 2.75. The maximum atomic E-state index is 14.5. The summed E-state index contributed by atoms with van der Waals surface area (Å²) in [5, 5.41) is 2.51. The van der Waals surface area contributed by atoms with Gasteiger partial charge in [0.2, 0.25) is 0 Å². The van der Waals surface area contributed by atoms with E-state index in [1.54, 1.807) is 13.2 Å². The number of nitrogens with two attached hydrogens (primary N) is 1. The van der Waals surface area contributed by atoms with Crippen LogP contribution in [0.15, 0.2) is 41.5 Å². The molecule has 0 bridgehead atoms. The van der Waals surface area contributed by atoms with Gasteiger partial charge in [-0.25, -0.2) is 18.2 Å². The number of halogens is 3. The lowest BCUT2D eigenvalue weighted by Gasteiger charge is -2.33. The number of carbonyl (C=O) groups is 1. The molecule has 0 unspecified atom stereocenters. The third-order valence-electron chi connectivity index (χ3n) is 4.49. The van der Waals surface area contributed by atoms with Gasteiger partial charge in [0, 0.05) is 18.4 Å². The summed E-state index contributed by atoms with van der Waals surface area (Å²) < 4.78 is 57.6. The first-order valence-corrected chi connectivity index (χ1v) is 9.25. The van der Waals surface area contributed by atoms with Gasteiger partial charge in [-0.3, -0.25) is 9.79 Å². The zero-order valence-corrected chi connectivity index (χ0v) is 16.6. The van der Waals surface area contributed by atoms with Crippen LogP contribution in [0.25, 0.3) is 0 Å². The van der Waals surface area contributed by atoms with E-state index in [-0.39, 0.29) is 23.8 Å². The number of ether oxygens (including phenoxy) is 3. The van der Waals surface area contributed by atoms with Gasteiger partial charge in [0.15, 0.2) is 5.54 Å². The third-order valence-corrected chi connectivity index (χ3v) is 4.49. The fourth-order valence-electron chi connectivity index (χ4n) is 2.97. The maximum absolute atomic E-state index is 14.5. The fraction of sp³-hybridized carbons (Fsp3) is 0.350. The minimum atomic E-state index is -3.08. The molecule has 3 rings (SSSR count). The van der Waals surface area contributed by atoms with Crippen molar-refractivity contribution in [2.45, 2.75) is 12.0 Å². The highest BCUT2D eigenvalue weighted by molar-refractivity contribution is 6.02. The van der Waals surface area contributed by atoms with Crippen LogP contribution in [0.1, 0.15) is 16.1 Å². The van der Waals surface area contributed by atoms with E-state index in [0.717, 1.165) is 12.1 Å². The first-order chi connectivity index (χ1) is 14.9. The van der Waals surface area contributed by atoms with Crippen LogP contribution in [0.3, 0.4) is 0 Å². The SMILES string of the molecule is COCCOc1ccc(C(=O)Nc2ccc(F)c([C@]3(C(F)F)COCC(N)=N3)c2)nc1. The zero-order valence-electron chi connectivity index (χ0n) is 16.6. The Morgan fingerprint density at radius 3 is 2.77 bits per heavy atom. The molecule has 8 nitrogen and oxygen atoms in total. The third kappa shape index (κ3) is 5.12. The molecular formula is C20H21F3N4O4. The van der Waals surface area contributed by atoms with Crippen LogP contribution in [0.4, 0.5) is 18.9 Å². The Morgan fingerprint density at radius 2 is 2.13 bits per heavy atom. The van der Waals surface area contributed by atoms with Gasteiger partial charge in [-0.15, -0.1) is 0 Å². The molecule has 0 spiro atoms. The van der Waals surface area contributed by atoms with Crippen LogP contribution in [0.5, 0.6) is 5.75 Å². The van der Waals surface area contributed by atoms with Crippen molar-refractivity contribution in [3.63, 3.8) is 0 Å². The molecule has 166 valence electrons. The molecule has 1 aliphatic rings. The summed E-state index contributed by atoms with van der Waals surface area (Å²) in [6, 6.07) is 6.29. The number of nitrogens with one attached hydrogen (secondary N) is 1. The van der Waals surface area contributed by atoms with Crippen molar-refractivity contribution < 1.29 is 32.2 Å². The van der Waals surface area contributed by atoms with Crippen molar-refractivity contribution in [2.24, 2.45) is 10.7 Å². The first-order valence-electron chi connectivity index (χ1n) is 9.25. The average molecular weight is 438 g/mol. The number of hydrogen-bond acceptors (Lipinski definition) is 7. The van der Waals surface area contributed by atoms with E-state index in [1.807, 2.05) is 0 Å². The number of carbonyl (C=O) groups excluding carboxylic acids is 1. The number of anilines is 1. The molecule has 1 aromatic carbocycles. The normalized spacial score (nSPS) is 18.5. The second-order valence-corrected chi connectivity index (χ2v) is 6.69. The van der Waals surface area contributed by atoms with Crippen molar-refractivity contribution in [3.8, 4) is 5.75 Å². The number of amidine groups is 1. The highest BCUT2D eigenvalue weighted by atomic mass is 19.3. The Hall–Kier alpha value is -3.18. The molecule has 3 N–H and O–H groups in total. The van der Waals surface area contributed by atoms with Gasteiger partial charge in [0.25, 0.3) is 12.3 Å². The summed E-state index contributed by atoms with van der Waals surface area (Å²) in [6.45, 7) is 0.0514. The standard InChI is InChI=1S/C20H21F3N4O4/c1-29-6-7-31-13-3-5-16(25-9-13)18(28)26-12-2-4-15(21)14(8-12)20(19(22)23)11-30-10-17(24)27-20/h2-5,8-9,19H,6-7,10-11H2,1H3,(H2,24,27)(H,26,28)/t20-/m0/s1. The van der Waals surface area contributed by atoms with E-state index in [1.165, 1.54) is 18.3 Å². The number of alkyl halides is 2. The van der Waals surface area contributed by atoms with Crippen LogP contribution >= 0.6 is 0 Å². The minimum absolute atomic E-state index is 0.0526. The number of rotatable bonds is 8. The molecule has 1 aromatic heterocycles. The predicted octanol–water partition coefficient (Wildman–Crippen LogP) is 2.35. The molecule has 2 heterocycles. The Labute approximate surface area is 176 Å². The second kappa shape index (κ2) is 9.75. The number of aromatic nitrogens is 1. The lowest BCUT2D eigenvalue weighted by Crippen LogP contribution is -2.45. The van der Waals surface area contributed by atoms with Gasteiger partial charge in [-0.2, -0.15) is 0 Å². The molecular weight excluding hydrogens is 417 g/mol. The molecule has 0 radical (unpaired) electrons. The minimum Gasteiger partial charge on any atom is -0.490 e. The van der Waals surface area contributed by atoms with Gasteiger partial charge in [0.1, 0.15) is 36.3 Å². The molecule has 0 saturated carbocycles. The number of aliphatic imine (C=N–C) groups is 1. The van der Waals surface area contributed by atoms with Crippen molar-refractivity contribution in [3.05, 3.63) is 53.6 Å². The number of methoxy groups -OCH3 is 1. The lowest BCUT2D eigenvalue weighted by molar-refractivity contribution is -0.0145. The molecule has 1 amide bonds. The number of hydrogen-bond donors (Lipinski definition) is 2. The van der Waals surface area contributed by atoms with Gasteiger partial charge in [-0.05, 0) is 30.3 Å². The predicted molar refractivity (Wildman–Crippen MR) is 106 cm³/mol. The largest absolute Gasteiger partial charge is 0.490 e. The van der Waals surface area contributed by atoms with E-state index < -0.39 is 35.9 Å². The Bertz CT molecular complexity index is 956. The van der Waals surface area contributed by atoms with Crippen molar-refractivity contribution in [1.82, 2.24) is 4.98 Å². The van der Waals surface area contributed by atoms with Crippen LogP contribution < -0.4 is 15.8 Å². The zero-order chi connectivity index (χ0) is 22.4. The van der Waals surface area contributed by atoms with Crippen molar-refractivity contribution >= 4 is 17.4 Å². The van der Waals surface area contributed by atoms with Gasteiger partial charge in [0.05, 0.1) is 19.4 Å². The number of nitrogens with zero attached hydrogens (tertiary/aromatic N) is 2. The van der Waals surface area contributed by atoms with Gasteiger partial charge >= 0.3 is 0 Å². The molecule has 0 saturated heterocycles. The number of amides is 1. The van der Waals surface area contributed by atoms with E-state index in [0.29, 0.717) is 19.0 Å². The topological polar surface area (TPSA) is 108 Å². The maximum Gasteiger partial charge on any atom is 0.274 e. The highest BCUT2D eigenvalue weighted by Gasteiger charge is 2.46. The van der Waals surface area contributed by atoms with E-state index in [2.05, 4.69) is 15.3 Å². The lowest BCUT2D eigenvalue weighted by atomic mass is 9.90. The van der Waals surface area contributed by atoms with Crippen LogP contribution in [0.2, 0.25) is 0 Å². The van der Waals surface area contributed by atoms with E-state index in [4.69, 9.17) is 19.9 Å². The fourth-order valence-corrected chi connectivity index (χ4v) is 2.97. The van der Waals surface area contributed by atoms with Crippen molar-refractivity contribution in [2.75, 3.05) is 38.9 Å². The molecule has 31 heavy (non-hydrogen) atoms. The summed E-state index contributed by atoms with van der Waals surface area (Å²) >= 11 is 0. The molecule has 1 aliphatic heterocycles. The van der Waals surface area contributed by atoms with Crippen LogP contribution in [0, 0.1) is 5.82 Å². The summed E-state index contributed by atoms with van der Waals surface area (Å²) in [7, 11) is 1.54. The highest BCUT2D eigenvalue weighted by Crippen LogP contribution is 2.38. The summed E-state index contributed by atoms with van der Waals surface area (Å²) in [5.41, 5.74) is 2.96.